The summed E-state index contributed by atoms with van der Waals surface area (Å²) >= 11 is 0. The summed E-state index contributed by atoms with van der Waals surface area (Å²) in [6, 6.07) is 50.8. The summed E-state index contributed by atoms with van der Waals surface area (Å²) in [5, 5.41) is 0. The van der Waals surface area contributed by atoms with Gasteiger partial charge in [-0.25, -0.2) is 9.97 Å². The van der Waals surface area contributed by atoms with Gasteiger partial charge in [-0.3, -0.25) is 0 Å². The molecule has 4 aromatic carbocycles. The van der Waals surface area contributed by atoms with Gasteiger partial charge in [-0.1, -0.05) is 121 Å². The molecule has 0 saturated heterocycles. The van der Waals surface area contributed by atoms with Crippen molar-refractivity contribution in [3.63, 3.8) is 0 Å². The zero-order valence-electron chi connectivity index (χ0n) is 27.0. The van der Waals surface area contributed by atoms with Gasteiger partial charge in [-0.2, -0.15) is 0 Å². The number of fused-ring (bicyclic) bond motifs is 8. The van der Waals surface area contributed by atoms with Crippen LogP contribution in [0.3, 0.4) is 0 Å². The lowest BCUT2D eigenvalue weighted by molar-refractivity contribution is 1.30. The average Bonchev–Trinajstić information content (AvgIpc) is 3.98. The molecule has 5 heterocycles. The van der Waals surface area contributed by atoms with Crippen LogP contribution < -0.4 is 0 Å². The Morgan fingerprint density at radius 3 is 1.12 bits per heavy atom. The standard InChI is InChI=1S/C45H32N4/c1-29-28-40-43(32-18-10-4-11-19-32)38-25-24-36(47-38)41(30-14-6-2-7-15-30)34-22-23-35(46-34)42(31-16-8-3-9-17-31)37-26-27-39(48-37)44(45(29)49-40)33-20-12-5-13-21-33/h2-28,47-48H,1H3. The van der Waals surface area contributed by atoms with Crippen molar-refractivity contribution in [2.75, 3.05) is 0 Å². The fourth-order valence-corrected chi connectivity index (χ4v) is 7.07. The van der Waals surface area contributed by atoms with Crippen LogP contribution in [0.4, 0.5) is 0 Å². The van der Waals surface area contributed by atoms with E-state index in [-0.39, 0.29) is 0 Å². The van der Waals surface area contributed by atoms with Gasteiger partial charge in [0.1, 0.15) is 0 Å². The molecule has 232 valence electrons. The minimum absolute atomic E-state index is 0.907. The number of nitrogens with zero attached hydrogens (tertiary/aromatic N) is 2. The van der Waals surface area contributed by atoms with Crippen LogP contribution in [-0.2, 0) is 0 Å². The molecular formula is C45H32N4. The Hall–Kier alpha value is -6.52. The molecule has 0 saturated carbocycles. The van der Waals surface area contributed by atoms with Crippen LogP contribution in [0, 0.1) is 0 Å². The molecule has 8 bridgehead atoms. The lowest BCUT2D eigenvalue weighted by Crippen LogP contribution is -1.90. The van der Waals surface area contributed by atoms with Crippen molar-refractivity contribution in [2.24, 2.45) is 0 Å². The summed E-state index contributed by atoms with van der Waals surface area (Å²) in [4.78, 5) is 18.5. The predicted molar refractivity (Wildman–Crippen MR) is 205 cm³/mol. The van der Waals surface area contributed by atoms with E-state index in [0.717, 1.165) is 94.9 Å². The third-order valence-corrected chi connectivity index (χ3v) is 9.30. The molecule has 0 spiro atoms. The molecular weight excluding hydrogens is 597 g/mol. The largest absolute Gasteiger partial charge is 0.354 e. The molecule has 2 aliphatic heterocycles. The zero-order chi connectivity index (χ0) is 32.7. The number of nitrogens with one attached hydrogen (secondary N) is 2. The fourth-order valence-electron chi connectivity index (χ4n) is 7.07. The SMILES string of the molecule is CC1=Cc2nc1c(-c1ccccc1)c1ccc([nH]1)c(-c1ccccc1)c1nc(c(-c3ccccc3)c3ccc([nH]3)c2-c2ccccc2)C=C1. The molecule has 0 amide bonds. The van der Waals surface area contributed by atoms with Crippen molar-refractivity contribution in [3.8, 4) is 44.5 Å². The topological polar surface area (TPSA) is 57.4 Å². The molecule has 49 heavy (non-hydrogen) atoms. The second-order valence-corrected chi connectivity index (χ2v) is 12.4. The van der Waals surface area contributed by atoms with E-state index >= 15 is 0 Å². The van der Waals surface area contributed by atoms with Crippen LogP contribution in [-0.4, -0.2) is 19.9 Å². The third-order valence-electron chi connectivity index (χ3n) is 9.30. The maximum atomic E-state index is 5.45. The number of allylic oxidation sites excluding steroid dienone is 1. The first-order valence-electron chi connectivity index (χ1n) is 16.6. The Bertz CT molecular complexity index is 2570. The summed E-state index contributed by atoms with van der Waals surface area (Å²) in [6.07, 6.45) is 6.50. The Morgan fingerprint density at radius 2 is 0.714 bits per heavy atom. The Balaban J connectivity index is 1.50. The molecule has 2 aliphatic rings. The first kappa shape index (κ1) is 28.7. The highest BCUT2D eigenvalue weighted by atomic mass is 14.8. The number of rotatable bonds is 4. The molecule has 0 fully saturated rings. The second kappa shape index (κ2) is 11.9. The summed E-state index contributed by atoms with van der Waals surface area (Å²) in [7, 11) is 0. The molecule has 4 heteroatoms. The van der Waals surface area contributed by atoms with Crippen molar-refractivity contribution in [1.82, 2.24) is 19.9 Å². The van der Waals surface area contributed by atoms with Crippen molar-refractivity contribution < 1.29 is 0 Å². The number of hydrogen-bond donors (Lipinski definition) is 2. The van der Waals surface area contributed by atoms with E-state index < -0.39 is 0 Å². The van der Waals surface area contributed by atoms with Crippen molar-refractivity contribution in [2.45, 2.75) is 6.92 Å². The van der Waals surface area contributed by atoms with Gasteiger partial charge >= 0.3 is 0 Å². The number of aromatic amines is 2. The lowest BCUT2D eigenvalue weighted by atomic mass is 10.0. The molecule has 0 atom stereocenters. The monoisotopic (exact) mass is 628 g/mol. The fraction of sp³-hybridized carbons (Fsp3) is 0.0222. The second-order valence-electron chi connectivity index (χ2n) is 12.4. The maximum Gasteiger partial charge on any atom is 0.0766 e. The van der Waals surface area contributed by atoms with Gasteiger partial charge in [0.15, 0.2) is 0 Å². The van der Waals surface area contributed by atoms with Crippen molar-refractivity contribution in [1.29, 1.82) is 0 Å². The van der Waals surface area contributed by atoms with E-state index in [1.807, 2.05) is 0 Å². The van der Waals surface area contributed by atoms with Gasteiger partial charge in [0.05, 0.1) is 22.8 Å². The molecule has 9 rings (SSSR count). The summed E-state index contributed by atoms with van der Waals surface area (Å²) < 4.78 is 0. The minimum atomic E-state index is 0.907. The van der Waals surface area contributed by atoms with Crippen LogP contribution in [0.5, 0.6) is 0 Å². The highest BCUT2D eigenvalue weighted by Crippen LogP contribution is 2.40. The first-order chi connectivity index (χ1) is 24.2. The van der Waals surface area contributed by atoms with Gasteiger partial charge in [-0.15, -0.1) is 0 Å². The van der Waals surface area contributed by atoms with Crippen LogP contribution in [0.1, 0.15) is 29.7 Å². The van der Waals surface area contributed by atoms with Gasteiger partial charge in [0, 0.05) is 44.3 Å². The van der Waals surface area contributed by atoms with Crippen molar-refractivity contribution in [3.05, 3.63) is 168 Å². The highest BCUT2D eigenvalue weighted by molar-refractivity contribution is 6.01. The highest BCUT2D eigenvalue weighted by Gasteiger charge is 2.20. The van der Waals surface area contributed by atoms with E-state index in [4.69, 9.17) is 9.97 Å². The van der Waals surface area contributed by atoms with E-state index in [1.165, 1.54) is 0 Å². The Labute approximate surface area is 284 Å². The minimum Gasteiger partial charge on any atom is -0.354 e. The lowest BCUT2D eigenvalue weighted by Gasteiger charge is -2.07. The van der Waals surface area contributed by atoms with E-state index in [0.29, 0.717) is 0 Å². The molecule has 0 aliphatic carbocycles. The van der Waals surface area contributed by atoms with Crippen LogP contribution in [0.2, 0.25) is 0 Å². The number of hydrogen-bond acceptors (Lipinski definition) is 2. The van der Waals surface area contributed by atoms with Crippen LogP contribution >= 0.6 is 0 Å². The van der Waals surface area contributed by atoms with Gasteiger partial charge < -0.3 is 9.97 Å². The van der Waals surface area contributed by atoms with Crippen LogP contribution in [0.15, 0.2) is 146 Å². The van der Waals surface area contributed by atoms with Gasteiger partial charge in [0.2, 0.25) is 0 Å². The van der Waals surface area contributed by atoms with Crippen molar-refractivity contribution >= 4 is 45.9 Å². The summed E-state index contributed by atoms with van der Waals surface area (Å²) in [5.74, 6) is 0. The Morgan fingerprint density at radius 1 is 0.367 bits per heavy atom. The number of benzene rings is 4. The first-order valence-corrected chi connectivity index (χ1v) is 16.6. The molecule has 3 aromatic heterocycles. The predicted octanol–water partition coefficient (Wildman–Crippen LogP) is 11.7. The van der Waals surface area contributed by atoms with E-state index in [2.05, 4.69) is 181 Å². The number of aromatic nitrogens is 4. The molecule has 2 N–H and O–H groups in total. The zero-order valence-corrected chi connectivity index (χ0v) is 27.0. The molecule has 0 unspecified atom stereocenters. The number of H-pyrrole nitrogens is 2. The smallest absolute Gasteiger partial charge is 0.0766 e. The molecule has 7 aromatic rings. The summed E-state index contributed by atoms with van der Waals surface area (Å²) in [5.41, 5.74) is 17.4. The van der Waals surface area contributed by atoms with Gasteiger partial charge in [-0.05, 0) is 77.2 Å². The average molecular weight is 629 g/mol. The normalized spacial score (nSPS) is 12.2. The third kappa shape index (κ3) is 5.11. The van der Waals surface area contributed by atoms with Crippen LogP contribution in [0.25, 0.3) is 90.4 Å². The maximum absolute atomic E-state index is 5.45. The van der Waals surface area contributed by atoms with E-state index in [1.54, 1.807) is 0 Å². The quantitative estimate of drug-likeness (QED) is 0.204. The van der Waals surface area contributed by atoms with E-state index in [9.17, 15) is 0 Å². The van der Waals surface area contributed by atoms with Gasteiger partial charge in [0.25, 0.3) is 0 Å². The molecule has 4 nitrogen and oxygen atoms in total. The Kier molecular flexibility index (Phi) is 6.98. The molecule has 0 radical (unpaired) electrons. The summed E-state index contributed by atoms with van der Waals surface area (Å²) in [6.45, 7) is 2.16.